The molecule has 0 bridgehead atoms. The van der Waals surface area contributed by atoms with Crippen molar-refractivity contribution in [1.82, 2.24) is 0 Å². The fourth-order valence-corrected chi connectivity index (χ4v) is 3.11. The Morgan fingerprint density at radius 1 is 0.545 bits per heavy atom. The Balaban J connectivity index is 2.09. The van der Waals surface area contributed by atoms with Crippen molar-refractivity contribution in [2.45, 2.75) is 0 Å². The first-order valence-electron chi connectivity index (χ1n) is 8.54. The molecular formula is C20H4F10N2O. The summed E-state index contributed by atoms with van der Waals surface area (Å²) in [5.41, 5.74) is -4.64. The number of fused-ring (bicyclic) bond motifs is 1. The molecule has 3 aromatic rings. The number of hydrogen-bond donors (Lipinski definition) is 0. The monoisotopic (exact) mass is 478 g/mol. The van der Waals surface area contributed by atoms with Gasteiger partial charge in [-0.15, -0.1) is 0 Å². The maximum absolute atomic E-state index is 14.4. The van der Waals surface area contributed by atoms with Gasteiger partial charge in [0.25, 0.3) is 5.91 Å². The highest BCUT2D eigenvalue weighted by Crippen LogP contribution is 2.38. The molecule has 3 nitrogen and oxygen atoms in total. The van der Waals surface area contributed by atoms with Crippen LogP contribution in [0.25, 0.3) is 0 Å². The van der Waals surface area contributed by atoms with Crippen molar-refractivity contribution in [3.8, 4) is 0 Å². The van der Waals surface area contributed by atoms with Crippen LogP contribution >= 0.6 is 0 Å². The Bertz CT molecular complexity index is 1340. The van der Waals surface area contributed by atoms with E-state index in [-0.39, 0.29) is 4.90 Å². The number of halogens is 10. The third-order valence-corrected chi connectivity index (χ3v) is 4.63. The van der Waals surface area contributed by atoms with Crippen LogP contribution in [0.5, 0.6) is 0 Å². The summed E-state index contributed by atoms with van der Waals surface area (Å²) >= 11 is 0. The zero-order chi connectivity index (χ0) is 24.4. The number of hydrogen-bond acceptors (Lipinski definition) is 2. The number of amides is 1. The lowest BCUT2D eigenvalue weighted by molar-refractivity contribution is 0.101. The maximum Gasteiger partial charge on any atom is 0.264 e. The summed E-state index contributed by atoms with van der Waals surface area (Å²) in [7, 11) is 0. The first-order chi connectivity index (χ1) is 15.5. The van der Waals surface area contributed by atoms with Gasteiger partial charge in [0, 0.05) is 5.56 Å². The number of carbonyl (C=O) groups excluding carboxylic acids is 1. The molecule has 4 rings (SSSR count). The van der Waals surface area contributed by atoms with Gasteiger partial charge < -0.3 is 0 Å². The molecule has 3 aromatic carbocycles. The predicted molar refractivity (Wildman–Crippen MR) is 91.9 cm³/mol. The van der Waals surface area contributed by atoms with Crippen LogP contribution in [-0.4, -0.2) is 11.7 Å². The Morgan fingerprint density at radius 2 is 0.939 bits per heavy atom. The number of carbonyl (C=O) groups is 1. The van der Waals surface area contributed by atoms with E-state index in [0.29, 0.717) is 0 Å². The zero-order valence-corrected chi connectivity index (χ0v) is 15.4. The minimum Gasteiger partial charge on any atom is -0.268 e. The molecule has 170 valence electrons. The molecule has 0 saturated heterocycles. The van der Waals surface area contributed by atoms with Gasteiger partial charge in [-0.3, -0.25) is 9.69 Å². The van der Waals surface area contributed by atoms with E-state index in [1.807, 2.05) is 0 Å². The molecule has 1 aliphatic heterocycles. The molecule has 0 atom stereocenters. The summed E-state index contributed by atoms with van der Waals surface area (Å²) in [5.74, 6) is -27.4. The topological polar surface area (TPSA) is 32.7 Å². The van der Waals surface area contributed by atoms with E-state index in [0.717, 1.165) is 12.1 Å². The van der Waals surface area contributed by atoms with Crippen LogP contribution in [0.4, 0.5) is 55.3 Å². The van der Waals surface area contributed by atoms with Gasteiger partial charge in [-0.1, -0.05) is 18.2 Å². The lowest BCUT2D eigenvalue weighted by Crippen LogP contribution is -2.33. The molecule has 1 amide bonds. The summed E-state index contributed by atoms with van der Waals surface area (Å²) in [4.78, 5) is 15.7. The Hall–Kier alpha value is -3.90. The van der Waals surface area contributed by atoms with Crippen LogP contribution in [0.1, 0.15) is 15.9 Å². The van der Waals surface area contributed by atoms with Crippen LogP contribution < -0.4 is 4.90 Å². The third kappa shape index (κ3) is 3.06. The molecular weight excluding hydrogens is 474 g/mol. The van der Waals surface area contributed by atoms with Gasteiger partial charge in [-0.25, -0.2) is 48.9 Å². The number of rotatable bonds is 2. The smallest absolute Gasteiger partial charge is 0.264 e. The second-order valence-electron chi connectivity index (χ2n) is 6.46. The summed E-state index contributed by atoms with van der Waals surface area (Å²) in [6.07, 6.45) is 0. The molecule has 13 heteroatoms. The Kier molecular flexibility index (Phi) is 5.14. The van der Waals surface area contributed by atoms with Crippen LogP contribution in [0.2, 0.25) is 0 Å². The molecule has 0 unspecified atom stereocenters. The van der Waals surface area contributed by atoms with Crippen LogP contribution in [-0.2, 0) is 0 Å². The summed E-state index contributed by atoms with van der Waals surface area (Å²) in [5, 5.41) is 0. The highest BCUT2D eigenvalue weighted by atomic mass is 19.2. The van der Waals surface area contributed by atoms with Crippen LogP contribution in [0.15, 0.2) is 29.3 Å². The highest BCUT2D eigenvalue weighted by Gasteiger charge is 2.41. The second kappa shape index (κ2) is 7.60. The predicted octanol–water partition coefficient (Wildman–Crippen LogP) is 5.82. The third-order valence-electron chi connectivity index (χ3n) is 4.63. The van der Waals surface area contributed by atoms with Gasteiger partial charge in [0.05, 0.1) is 5.56 Å². The lowest BCUT2D eigenvalue weighted by atomic mass is 10.1. The number of anilines is 1. The van der Waals surface area contributed by atoms with Crippen molar-refractivity contribution in [3.05, 3.63) is 93.6 Å². The Morgan fingerprint density at radius 3 is 1.42 bits per heavy atom. The summed E-state index contributed by atoms with van der Waals surface area (Å²) < 4.78 is 139. The standard InChI is InChI=1S/C20H4F10N2O/c21-7-9(23)13(27)17(14(28)10(7)24)31-19-5-3-1-2-4-6(5)20(33)32(19)18-15(29)11(25)8(22)12(26)16(18)30/h1-4H. The van der Waals surface area contributed by atoms with Crippen LogP contribution in [0.3, 0.4) is 0 Å². The normalized spacial score (nSPS) is 14.4. The number of benzene rings is 3. The molecule has 0 spiro atoms. The van der Waals surface area contributed by atoms with Crippen molar-refractivity contribution in [2.24, 2.45) is 4.99 Å². The molecule has 33 heavy (non-hydrogen) atoms. The van der Waals surface area contributed by atoms with Gasteiger partial charge in [0.2, 0.25) is 11.6 Å². The molecule has 1 aliphatic rings. The van der Waals surface area contributed by atoms with Crippen molar-refractivity contribution in [1.29, 1.82) is 0 Å². The second-order valence-corrected chi connectivity index (χ2v) is 6.46. The SMILES string of the molecule is O=C1c2ccccc2C(=Nc2c(F)c(F)c(F)c(F)c2F)N1c1c(F)c(F)c(F)c(F)c1F. The van der Waals surface area contributed by atoms with Gasteiger partial charge in [-0.2, -0.15) is 0 Å². The molecule has 1 heterocycles. The van der Waals surface area contributed by atoms with Gasteiger partial charge in [-0.05, 0) is 6.07 Å². The van der Waals surface area contributed by atoms with Gasteiger partial charge >= 0.3 is 0 Å². The number of aliphatic imine (C=N–C) groups is 1. The van der Waals surface area contributed by atoms with E-state index in [1.54, 1.807) is 0 Å². The van der Waals surface area contributed by atoms with Gasteiger partial charge in [0.1, 0.15) is 17.2 Å². The zero-order valence-electron chi connectivity index (χ0n) is 15.4. The number of nitrogens with zero attached hydrogens (tertiary/aromatic N) is 2. The summed E-state index contributed by atoms with van der Waals surface area (Å²) in [6.45, 7) is 0. The minimum absolute atomic E-state index is 0.209. The summed E-state index contributed by atoms with van der Waals surface area (Å²) in [6, 6.07) is 4.43. The maximum atomic E-state index is 14.4. The van der Waals surface area contributed by atoms with E-state index < -0.39 is 92.4 Å². The largest absolute Gasteiger partial charge is 0.268 e. The van der Waals surface area contributed by atoms with Crippen molar-refractivity contribution < 1.29 is 48.7 Å². The van der Waals surface area contributed by atoms with Crippen LogP contribution in [0, 0.1) is 58.2 Å². The van der Waals surface area contributed by atoms with Crippen molar-refractivity contribution in [2.75, 3.05) is 4.90 Å². The Labute approximate surface area is 176 Å². The van der Waals surface area contributed by atoms with E-state index in [9.17, 15) is 48.7 Å². The average molecular weight is 478 g/mol. The number of amidine groups is 1. The van der Waals surface area contributed by atoms with Crippen molar-refractivity contribution >= 4 is 23.1 Å². The molecule has 0 fully saturated rings. The first-order valence-corrected chi connectivity index (χ1v) is 8.54. The average Bonchev–Trinajstić information content (AvgIpc) is 3.08. The fourth-order valence-electron chi connectivity index (χ4n) is 3.11. The van der Waals surface area contributed by atoms with E-state index >= 15 is 0 Å². The van der Waals surface area contributed by atoms with Gasteiger partial charge in [0.15, 0.2) is 46.5 Å². The van der Waals surface area contributed by atoms with E-state index in [4.69, 9.17) is 0 Å². The molecule has 0 saturated carbocycles. The quantitative estimate of drug-likeness (QED) is 0.260. The first kappa shape index (κ1) is 22.3. The molecule has 0 aliphatic carbocycles. The minimum atomic E-state index is -2.56. The highest BCUT2D eigenvalue weighted by molar-refractivity contribution is 6.36. The fraction of sp³-hybridized carbons (Fsp3) is 0. The molecule has 0 aromatic heterocycles. The molecule has 0 radical (unpaired) electrons. The molecule has 0 N–H and O–H groups in total. The van der Waals surface area contributed by atoms with E-state index in [1.165, 1.54) is 12.1 Å². The van der Waals surface area contributed by atoms with Crippen molar-refractivity contribution in [3.63, 3.8) is 0 Å². The lowest BCUT2D eigenvalue weighted by Gasteiger charge is -2.20. The van der Waals surface area contributed by atoms with E-state index in [2.05, 4.69) is 4.99 Å².